The summed E-state index contributed by atoms with van der Waals surface area (Å²) in [6.07, 6.45) is 3.79. The van der Waals surface area contributed by atoms with Crippen LogP contribution in [-0.2, 0) is 5.88 Å². The molecule has 0 amide bonds. The summed E-state index contributed by atoms with van der Waals surface area (Å²) < 4.78 is 5.96. The highest BCUT2D eigenvalue weighted by molar-refractivity contribution is 7.98. The number of aromatic nitrogens is 1. The Morgan fingerprint density at radius 3 is 2.78 bits per heavy atom. The third-order valence-corrected chi connectivity index (χ3v) is 3.58. The summed E-state index contributed by atoms with van der Waals surface area (Å²) in [4.78, 5) is 5.33. The molecule has 0 N–H and O–H groups in total. The predicted octanol–water partition coefficient (Wildman–Crippen LogP) is 4.64. The van der Waals surface area contributed by atoms with E-state index in [0.717, 1.165) is 27.7 Å². The first-order valence-electron chi connectivity index (χ1n) is 5.57. The highest BCUT2D eigenvalue weighted by atomic mass is 35.5. The lowest BCUT2D eigenvalue weighted by atomic mass is 10.2. The van der Waals surface area contributed by atoms with E-state index >= 15 is 0 Å². The molecule has 1 heterocycles. The molecule has 2 nitrogen and oxygen atoms in total. The van der Waals surface area contributed by atoms with Crippen LogP contribution in [0, 0.1) is 6.92 Å². The van der Waals surface area contributed by atoms with Crippen LogP contribution in [0.3, 0.4) is 0 Å². The molecular formula is C14H14ClNOS. The molecular weight excluding hydrogens is 266 g/mol. The zero-order valence-electron chi connectivity index (χ0n) is 10.3. The Morgan fingerprint density at radius 2 is 2.06 bits per heavy atom. The number of hydrogen-bond acceptors (Lipinski definition) is 3. The second kappa shape index (κ2) is 6.12. The number of hydrogen-bond donors (Lipinski definition) is 0. The fourth-order valence-corrected chi connectivity index (χ4v) is 2.31. The molecule has 2 aromatic rings. The summed E-state index contributed by atoms with van der Waals surface area (Å²) in [5, 5.41) is 0. The number of ether oxygens (including phenoxy) is 1. The van der Waals surface area contributed by atoms with Crippen molar-refractivity contribution in [3.05, 3.63) is 47.8 Å². The minimum Gasteiger partial charge on any atom is -0.456 e. The van der Waals surface area contributed by atoms with Gasteiger partial charge in [0.05, 0.1) is 5.88 Å². The Hall–Kier alpha value is -1.19. The van der Waals surface area contributed by atoms with E-state index in [-0.39, 0.29) is 0 Å². The first-order chi connectivity index (χ1) is 8.74. The monoisotopic (exact) mass is 279 g/mol. The van der Waals surface area contributed by atoms with E-state index in [2.05, 4.69) is 4.98 Å². The van der Waals surface area contributed by atoms with E-state index in [1.54, 1.807) is 18.0 Å². The summed E-state index contributed by atoms with van der Waals surface area (Å²) in [5.41, 5.74) is 1.82. The van der Waals surface area contributed by atoms with Crippen LogP contribution in [0.1, 0.15) is 11.3 Å². The van der Waals surface area contributed by atoms with E-state index in [4.69, 9.17) is 16.3 Å². The fraction of sp³-hybridized carbons (Fsp3) is 0.214. The van der Waals surface area contributed by atoms with Crippen LogP contribution in [0.25, 0.3) is 0 Å². The number of para-hydroxylation sites is 1. The maximum Gasteiger partial charge on any atom is 0.140 e. The zero-order chi connectivity index (χ0) is 13.0. The molecule has 2 rings (SSSR count). The molecule has 0 radical (unpaired) electrons. The SMILES string of the molecule is CSc1ccccc1Oc1cc(C)ncc1CCl. The Balaban J connectivity index is 2.36. The number of thioether (sulfide) groups is 1. The smallest absolute Gasteiger partial charge is 0.140 e. The molecule has 0 spiro atoms. The molecule has 1 aromatic heterocycles. The highest BCUT2D eigenvalue weighted by Gasteiger charge is 2.08. The van der Waals surface area contributed by atoms with Crippen LogP contribution in [-0.4, -0.2) is 11.2 Å². The van der Waals surface area contributed by atoms with Gasteiger partial charge in [0.25, 0.3) is 0 Å². The minimum absolute atomic E-state index is 0.393. The minimum atomic E-state index is 0.393. The van der Waals surface area contributed by atoms with Gasteiger partial charge in [-0.1, -0.05) is 12.1 Å². The van der Waals surface area contributed by atoms with Gasteiger partial charge in [0.2, 0.25) is 0 Å². The van der Waals surface area contributed by atoms with Gasteiger partial charge < -0.3 is 4.74 Å². The van der Waals surface area contributed by atoms with E-state index in [9.17, 15) is 0 Å². The van der Waals surface area contributed by atoms with Crippen molar-refractivity contribution < 1.29 is 4.74 Å². The van der Waals surface area contributed by atoms with Gasteiger partial charge in [0.15, 0.2) is 0 Å². The van der Waals surface area contributed by atoms with E-state index < -0.39 is 0 Å². The molecule has 94 valence electrons. The van der Waals surface area contributed by atoms with Gasteiger partial charge in [-0.05, 0) is 25.3 Å². The van der Waals surface area contributed by atoms with E-state index in [1.165, 1.54) is 0 Å². The van der Waals surface area contributed by atoms with E-state index in [1.807, 2.05) is 43.5 Å². The van der Waals surface area contributed by atoms with Crippen molar-refractivity contribution in [1.29, 1.82) is 0 Å². The number of benzene rings is 1. The second-order valence-corrected chi connectivity index (χ2v) is 4.94. The molecule has 0 aliphatic rings. The highest BCUT2D eigenvalue weighted by Crippen LogP contribution is 2.33. The van der Waals surface area contributed by atoms with Crippen LogP contribution < -0.4 is 4.74 Å². The first kappa shape index (κ1) is 13.2. The van der Waals surface area contributed by atoms with Gasteiger partial charge in [0.1, 0.15) is 11.5 Å². The molecule has 4 heteroatoms. The number of nitrogens with zero attached hydrogens (tertiary/aromatic N) is 1. The maximum absolute atomic E-state index is 5.96. The van der Waals surface area contributed by atoms with Crippen LogP contribution in [0.5, 0.6) is 11.5 Å². The van der Waals surface area contributed by atoms with Gasteiger partial charge >= 0.3 is 0 Å². The Kier molecular flexibility index (Phi) is 4.50. The van der Waals surface area contributed by atoms with Crippen molar-refractivity contribution in [2.24, 2.45) is 0 Å². The molecule has 0 bridgehead atoms. The molecule has 0 saturated carbocycles. The summed E-state index contributed by atoms with van der Waals surface area (Å²) in [6, 6.07) is 9.87. The average molecular weight is 280 g/mol. The van der Waals surface area contributed by atoms with Crippen molar-refractivity contribution in [3.8, 4) is 11.5 Å². The predicted molar refractivity (Wildman–Crippen MR) is 76.8 cm³/mol. The Labute approximate surface area is 116 Å². The van der Waals surface area contributed by atoms with Crippen LogP contribution in [0.4, 0.5) is 0 Å². The number of halogens is 1. The van der Waals surface area contributed by atoms with Gasteiger partial charge in [-0.15, -0.1) is 23.4 Å². The zero-order valence-corrected chi connectivity index (χ0v) is 11.9. The van der Waals surface area contributed by atoms with Crippen LogP contribution in [0.15, 0.2) is 41.4 Å². The number of alkyl halides is 1. The van der Waals surface area contributed by atoms with Crippen molar-refractivity contribution >= 4 is 23.4 Å². The standard InChI is InChI=1S/C14H14ClNOS/c1-10-7-13(11(8-15)9-16-10)17-12-5-3-4-6-14(12)18-2/h3-7,9H,8H2,1-2H3. The number of rotatable bonds is 4. The average Bonchev–Trinajstić information content (AvgIpc) is 2.40. The fourth-order valence-electron chi connectivity index (χ4n) is 1.58. The lowest BCUT2D eigenvalue weighted by Crippen LogP contribution is -1.93. The number of aryl methyl sites for hydroxylation is 1. The summed E-state index contributed by atoms with van der Waals surface area (Å²) in [5.74, 6) is 2.02. The molecule has 0 aliphatic heterocycles. The molecule has 0 fully saturated rings. The van der Waals surface area contributed by atoms with Crippen molar-refractivity contribution in [3.63, 3.8) is 0 Å². The van der Waals surface area contributed by atoms with Crippen molar-refractivity contribution in [2.45, 2.75) is 17.7 Å². The lowest BCUT2D eigenvalue weighted by molar-refractivity contribution is 0.465. The molecule has 0 saturated heterocycles. The third kappa shape index (κ3) is 2.98. The molecule has 0 unspecified atom stereocenters. The van der Waals surface area contributed by atoms with E-state index in [0.29, 0.717) is 5.88 Å². The van der Waals surface area contributed by atoms with Crippen LogP contribution >= 0.6 is 23.4 Å². The van der Waals surface area contributed by atoms with Gasteiger partial charge in [-0.25, -0.2) is 0 Å². The molecule has 1 aromatic carbocycles. The maximum atomic E-state index is 5.96. The molecule has 18 heavy (non-hydrogen) atoms. The van der Waals surface area contributed by atoms with Gasteiger partial charge in [0, 0.05) is 28.4 Å². The van der Waals surface area contributed by atoms with Crippen molar-refractivity contribution in [1.82, 2.24) is 4.98 Å². The quantitative estimate of drug-likeness (QED) is 0.601. The second-order valence-electron chi connectivity index (χ2n) is 3.82. The number of pyridine rings is 1. The molecule has 0 atom stereocenters. The topological polar surface area (TPSA) is 22.1 Å². The normalized spacial score (nSPS) is 10.4. The first-order valence-corrected chi connectivity index (χ1v) is 7.33. The Morgan fingerprint density at radius 1 is 1.28 bits per heavy atom. The van der Waals surface area contributed by atoms with Gasteiger partial charge in [-0.2, -0.15) is 0 Å². The summed E-state index contributed by atoms with van der Waals surface area (Å²) in [7, 11) is 0. The van der Waals surface area contributed by atoms with Crippen molar-refractivity contribution in [2.75, 3.05) is 6.26 Å². The summed E-state index contributed by atoms with van der Waals surface area (Å²) in [6.45, 7) is 1.94. The Bertz CT molecular complexity index is 545. The lowest BCUT2D eigenvalue weighted by Gasteiger charge is -2.12. The molecule has 0 aliphatic carbocycles. The van der Waals surface area contributed by atoms with Gasteiger partial charge in [-0.3, -0.25) is 4.98 Å². The largest absolute Gasteiger partial charge is 0.456 e. The van der Waals surface area contributed by atoms with Crippen LogP contribution in [0.2, 0.25) is 0 Å². The third-order valence-electron chi connectivity index (χ3n) is 2.51. The summed E-state index contributed by atoms with van der Waals surface area (Å²) >= 11 is 7.56.